The first-order valence-corrected chi connectivity index (χ1v) is 10.3. The van der Waals surface area contributed by atoms with Crippen LogP contribution in [0.4, 0.5) is 0 Å². The van der Waals surface area contributed by atoms with Crippen molar-refractivity contribution in [2.75, 3.05) is 0 Å². The molecule has 1 aliphatic rings. The summed E-state index contributed by atoms with van der Waals surface area (Å²) in [5.74, 6) is 1.30. The molecule has 3 rings (SSSR count). The molecule has 160 valence electrons. The molecule has 0 saturated heterocycles. The van der Waals surface area contributed by atoms with Crippen LogP contribution >= 0.6 is 0 Å². The zero-order chi connectivity index (χ0) is 22.3. The number of aryl methyl sites for hydroxylation is 3. The Bertz CT molecular complexity index is 970. The predicted octanol–water partition coefficient (Wildman–Crippen LogP) is 4.39. The van der Waals surface area contributed by atoms with Crippen LogP contribution in [-0.4, -0.2) is 28.0 Å². The van der Waals surface area contributed by atoms with E-state index in [-0.39, 0.29) is 30.3 Å². The summed E-state index contributed by atoms with van der Waals surface area (Å²) in [5.41, 5.74) is 2.40. The fourth-order valence-corrected chi connectivity index (χ4v) is 4.97. The van der Waals surface area contributed by atoms with E-state index in [0.29, 0.717) is 11.1 Å². The normalized spacial score (nSPS) is 21.3. The molecular formula is C24H32N4O2. The van der Waals surface area contributed by atoms with Crippen molar-refractivity contribution >= 4 is 5.91 Å². The Labute approximate surface area is 180 Å². The maximum Gasteiger partial charge on any atom is 0.254 e. The van der Waals surface area contributed by atoms with Gasteiger partial charge in [-0.3, -0.25) is 4.79 Å². The highest BCUT2D eigenvalue weighted by Crippen LogP contribution is 2.55. The van der Waals surface area contributed by atoms with E-state index in [4.69, 9.17) is 4.74 Å². The molecule has 0 atom stereocenters. The predicted molar refractivity (Wildman–Crippen MR) is 117 cm³/mol. The van der Waals surface area contributed by atoms with E-state index in [1.54, 1.807) is 12.4 Å². The summed E-state index contributed by atoms with van der Waals surface area (Å²) >= 11 is 0. The van der Waals surface area contributed by atoms with Gasteiger partial charge in [0.2, 0.25) is 0 Å². The van der Waals surface area contributed by atoms with Gasteiger partial charge in [-0.25, -0.2) is 9.97 Å². The maximum absolute atomic E-state index is 12.8. The summed E-state index contributed by atoms with van der Waals surface area (Å²) in [5, 5.41) is 12.5. The van der Waals surface area contributed by atoms with Gasteiger partial charge in [-0.15, -0.1) is 0 Å². The van der Waals surface area contributed by atoms with Gasteiger partial charge in [0.15, 0.2) is 0 Å². The molecule has 0 spiro atoms. The maximum atomic E-state index is 12.8. The number of carbonyl (C=O) groups is 1. The summed E-state index contributed by atoms with van der Waals surface area (Å²) in [4.78, 5) is 21.2. The molecule has 30 heavy (non-hydrogen) atoms. The van der Waals surface area contributed by atoms with Gasteiger partial charge in [0.25, 0.3) is 5.91 Å². The van der Waals surface area contributed by atoms with E-state index in [9.17, 15) is 10.1 Å². The Balaban J connectivity index is 0.00000341. The van der Waals surface area contributed by atoms with E-state index in [0.717, 1.165) is 29.1 Å². The monoisotopic (exact) mass is 408 g/mol. The fraction of sp³-hybridized carbons (Fsp3) is 0.500. The largest absolute Gasteiger partial charge is 0.489 e. The Morgan fingerprint density at radius 2 is 1.70 bits per heavy atom. The Morgan fingerprint density at radius 1 is 1.17 bits per heavy atom. The molecule has 1 saturated carbocycles. The molecule has 0 aliphatic heterocycles. The minimum absolute atomic E-state index is 0. The van der Waals surface area contributed by atoms with Gasteiger partial charge in [-0.1, -0.05) is 34.6 Å². The van der Waals surface area contributed by atoms with Crippen molar-refractivity contribution in [3.8, 4) is 11.8 Å². The van der Waals surface area contributed by atoms with Crippen molar-refractivity contribution in [1.29, 1.82) is 5.26 Å². The summed E-state index contributed by atoms with van der Waals surface area (Å²) < 4.78 is 6.40. The minimum atomic E-state index is -0.279. The first-order valence-electron chi connectivity index (χ1n) is 10.3. The van der Waals surface area contributed by atoms with Gasteiger partial charge in [-0.05, 0) is 37.1 Å². The number of nitrogens with one attached hydrogen (secondary N) is 1. The van der Waals surface area contributed by atoms with Crippen LogP contribution in [0.15, 0.2) is 24.5 Å². The van der Waals surface area contributed by atoms with Crippen molar-refractivity contribution in [3.05, 3.63) is 52.6 Å². The van der Waals surface area contributed by atoms with Gasteiger partial charge in [0, 0.05) is 37.1 Å². The molecular weight excluding hydrogens is 376 g/mol. The first kappa shape index (κ1) is 21.8. The molecule has 2 aromatic rings. The molecule has 0 bridgehead atoms. The SMILES string of the molecule is CCc1ncc(C(=O)NC2C(C)(C)C(Oc3cc(C)c(C#N)c(C)c3)C2(C)C)cn1.[HH]. The molecule has 1 aromatic heterocycles. The highest BCUT2D eigenvalue weighted by molar-refractivity contribution is 5.94. The molecule has 0 radical (unpaired) electrons. The van der Waals surface area contributed by atoms with Crippen LogP contribution in [0.1, 0.15) is 68.9 Å². The number of amides is 1. The number of nitriles is 1. The highest BCUT2D eigenvalue weighted by atomic mass is 16.5. The lowest BCUT2D eigenvalue weighted by atomic mass is 9.49. The highest BCUT2D eigenvalue weighted by Gasteiger charge is 2.64. The second kappa shape index (κ2) is 7.71. The van der Waals surface area contributed by atoms with E-state index in [1.807, 2.05) is 32.9 Å². The zero-order valence-electron chi connectivity index (χ0n) is 18.8. The van der Waals surface area contributed by atoms with Crippen molar-refractivity contribution in [1.82, 2.24) is 15.3 Å². The van der Waals surface area contributed by atoms with Crippen molar-refractivity contribution in [3.63, 3.8) is 0 Å². The summed E-state index contributed by atoms with van der Waals surface area (Å²) in [6, 6.07) is 5.99. The molecule has 1 fully saturated rings. The number of nitrogens with zero attached hydrogens (tertiary/aromatic N) is 3. The number of hydrogen-bond donors (Lipinski definition) is 1. The third-order valence-corrected chi connectivity index (χ3v) is 6.27. The van der Waals surface area contributed by atoms with Gasteiger partial charge >= 0.3 is 0 Å². The van der Waals surface area contributed by atoms with Crippen LogP contribution in [0, 0.1) is 36.0 Å². The summed E-state index contributed by atoms with van der Waals surface area (Å²) in [6.45, 7) is 14.2. The molecule has 6 heteroatoms. The number of rotatable bonds is 5. The molecule has 6 nitrogen and oxygen atoms in total. The average molecular weight is 409 g/mol. The van der Waals surface area contributed by atoms with Crippen LogP contribution in [0.2, 0.25) is 0 Å². The number of carbonyl (C=O) groups excluding carboxylic acids is 1. The third kappa shape index (κ3) is 3.65. The summed E-state index contributed by atoms with van der Waals surface area (Å²) in [6.07, 6.45) is 3.80. The van der Waals surface area contributed by atoms with E-state index in [1.165, 1.54) is 0 Å². The van der Waals surface area contributed by atoms with Crippen LogP contribution < -0.4 is 10.1 Å². The Hall–Kier alpha value is -2.94. The lowest BCUT2D eigenvalue weighted by Crippen LogP contribution is -2.74. The van der Waals surface area contributed by atoms with Crippen molar-refractivity contribution in [2.45, 2.75) is 67.0 Å². The number of ether oxygens (including phenoxy) is 1. The lowest BCUT2D eigenvalue weighted by molar-refractivity contribution is -0.164. The third-order valence-electron chi connectivity index (χ3n) is 6.27. The topological polar surface area (TPSA) is 87.9 Å². The van der Waals surface area contributed by atoms with Crippen LogP contribution in [-0.2, 0) is 6.42 Å². The quantitative estimate of drug-likeness (QED) is 0.793. The van der Waals surface area contributed by atoms with Crippen LogP contribution in [0.25, 0.3) is 0 Å². The van der Waals surface area contributed by atoms with E-state index >= 15 is 0 Å². The van der Waals surface area contributed by atoms with Crippen molar-refractivity contribution in [2.24, 2.45) is 10.8 Å². The van der Waals surface area contributed by atoms with Gasteiger partial charge in [-0.2, -0.15) is 5.26 Å². The average Bonchev–Trinajstić information content (AvgIpc) is 2.69. The zero-order valence-corrected chi connectivity index (χ0v) is 18.8. The molecule has 1 amide bonds. The minimum Gasteiger partial charge on any atom is -0.489 e. The van der Waals surface area contributed by atoms with E-state index in [2.05, 4.69) is 49.0 Å². The van der Waals surface area contributed by atoms with Gasteiger partial charge in [0.1, 0.15) is 17.7 Å². The molecule has 1 N–H and O–H groups in total. The lowest BCUT2D eigenvalue weighted by Gasteiger charge is -2.63. The smallest absolute Gasteiger partial charge is 0.254 e. The molecule has 1 aromatic carbocycles. The van der Waals surface area contributed by atoms with Crippen LogP contribution in [0.5, 0.6) is 5.75 Å². The standard InChI is InChI=1S/C24H30N4O2.H2/c1-8-19-26-12-16(13-27-19)20(29)28-21-23(4,5)22(24(21,6)7)30-17-9-14(2)18(11-25)15(3)10-17;/h9-10,12-13,21-22H,8H2,1-7H3,(H,28,29);1H. The summed E-state index contributed by atoms with van der Waals surface area (Å²) in [7, 11) is 0. The molecule has 1 aliphatic carbocycles. The Morgan fingerprint density at radius 3 is 2.17 bits per heavy atom. The van der Waals surface area contributed by atoms with Crippen molar-refractivity contribution < 1.29 is 11.0 Å². The molecule has 1 heterocycles. The molecule has 0 unspecified atom stereocenters. The van der Waals surface area contributed by atoms with Gasteiger partial charge < -0.3 is 10.1 Å². The van der Waals surface area contributed by atoms with E-state index < -0.39 is 0 Å². The second-order valence-corrected chi connectivity index (χ2v) is 9.33. The first-order chi connectivity index (χ1) is 14.0. The van der Waals surface area contributed by atoms with Gasteiger partial charge in [0.05, 0.1) is 17.2 Å². The van der Waals surface area contributed by atoms with Crippen LogP contribution in [0.3, 0.4) is 0 Å². The number of hydrogen-bond acceptors (Lipinski definition) is 5. The number of benzene rings is 1. The number of aromatic nitrogens is 2. The Kier molecular flexibility index (Phi) is 5.60. The fourth-order valence-electron chi connectivity index (χ4n) is 4.97. The second-order valence-electron chi connectivity index (χ2n) is 9.33.